The topological polar surface area (TPSA) is 12.5 Å². The fourth-order valence-electron chi connectivity index (χ4n) is 6.35. The average molecular weight is 435 g/mol. The molecule has 2 aliphatic carbocycles. The lowest BCUT2D eigenvalue weighted by molar-refractivity contribution is 0.278. The summed E-state index contributed by atoms with van der Waals surface area (Å²) in [6.07, 6.45) is 27.6. The predicted octanol–water partition coefficient (Wildman–Crippen LogP) is 9.36. The molecule has 0 N–H and O–H groups in total. The van der Waals surface area contributed by atoms with Gasteiger partial charge in [0, 0.05) is 0 Å². The third-order valence-corrected chi connectivity index (χ3v) is 8.29. The summed E-state index contributed by atoms with van der Waals surface area (Å²) in [5, 5.41) is 0. The van der Waals surface area contributed by atoms with Crippen LogP contribution in [0.25, 0.3) is 5.57 Å². The minimum absolute atomic E-state index is 0.000491. The van der Waals surface area contributed by atoms with Crippen molar-refractivity contribution in [2.24, 2.45) is 0 Å². The third-order valence-electron chi connectivity index (χ3n) is 8.29. The summed E-state index contributed by atoms with van der Waals surface area (Å²) in [6.45, 7) is 4.60. The van der Waals surface area contributed by atoms with E-state index in [1.807, 2.05) is 0 Å². The van der Waals surface area contributed by atoms with Crippen LogP contribution in [0.4, 0.5) is 0 Å². The second-order valence-corrected chi connectivity index (χ2v) is 10.6. The molecule has 4 rings (SSSR count). The van der Waals surface area contributed by atoms with E-state index < -0.39 is 0 Å². The Kier molecular flexibility index (Phi) is 8.32. The van der Waals surface area contributed by atoms with Crippen molar-refractivity contribution in [2.75, 3.05) is 0 Å². The van der Waals surface area contributed by atoms with E-state index in [9.17, 15) is 0 Å². The van der Waals surface area contributed by atoms with E-state index >= 15 is 0 Å². The molecule has 0 amide bonds. The molecule has 2 unspecified atom stereocenters. The second kappa shape index (κ2) is 11.2. The molecule has 1 heterocycles. The first-order valence-corrected chi connectivity index (χ1v) is 14.0. The molecular weight excluding hydrogens is 388 g/mol. The van der Waals surface area contributed by atoms with Crippen molar-refractivity contribution in [2.45, 2.75) is 134 Å². The number of fused-ring (bicyclic) bond motifs is 4. The van der Waals surface area contributed by atoms with Gasteiger partial charge in [-0.15, -0.1) is 0 Å². The normalized spacial score (nSPS) is 25.1. The quantitative estimate of drug-likeness (QED) is 0.186. The summed E-state index contributed by atoms with van der Waals surface area (Å²) >= 11 is 0. The maximum absolute atomic E-state index is 6.84. The molecule has 1 fully saturated rings. The minimum atomic E-state index is -0.000491. The minimum Gasteiger partial charge on any atom is -0.353 e. The molecule has 1 aliphatic heterocycles. The molecule has 0 aromatic heterocycles. The average Bonchev–Trinajstić information content (AvgIpc) is 3.32. The van der Waals surface area contributed by atoms with Crippen LogP contribution in [-0.2, 0) is 11.2 Å². The van der Waals surface area contributed by atoms with Gasteiger partial charge in [0.05, 0.1) is 0 Å². The van der Waals surface area contributed by atoms with Crippen LogP contribution < -0.4 is 0 Å². The second-order valence-electron chi connectivity index (χ2n) is 10.6. The number of ether oxygens (including phenoxy) is 1. The van der Waals surface area contributed by atoms with Gasteiger partial charge in [-0.3, -0.25) is 0 Å². The van der Waals surface area contributed by atoms with E-state index in [4.69, 9.17) is 4.74 Å². The maximum Gasteiger partial charge on any atom is 0.124 e. The first-order chi connectivity index (χ1) is 15.8. The highest BCUT2D eigenvalue weighted by Gasteiger charge is 2.70. The van der Waals surface area contributed by atoms with Crippen LogP contribution in [-0.4, -0.2) is 11.2 Å². The van der Waals surface area contributed by atoms with E-state index in [2.05, 4.69) is 50.3 Å². The van der Waals surface area contributed by atoms with Crippen molar-refractivity contribution in [3.05, 3.63) is 53.1 Å². The fraction of sp³-hybridized carbons (Fsp3) is 0.677. The van der Waals surface area contributed by atoms with Gasteiger partial charge < -0.3 is 4.74 Å². The molecule has 0 bridgehead atoms. The number of benzene rings is 1. The van der Waals surface area contributed by atoms with Crippen LogP contribution in [0.5, 0.6) is 0 Å². The molecule has 32 heavy (non-hydrogen) atoms. The molecular formula is C31H46O. The molecule has 1 aromatic carbocycles. The third kappa shape index (κ3) is 4.93. The van der Waals surface area contributed by atoms with Crippen LogP contribution in [0.3, 0.4) is 0 Å². The fourth-order valence-corrected chi connectivity index (χ4v) is 6.35. The number of hydrogen-bond donors (Lipinski definition) is 0. The smallest absolute Gasteiger partial charge is 0.124 e. The molecule has 1 heteroatoms. The number of allylic oxidation sites excluding steroid dienone is 2. The molecule has 1 saturated heterocycles. The van der Waals surface area contributed by atoms with Crippen molar-refractivity contribution in [3.8, 4) is 0 Å². The SMILES string of the molecule is CCCCCCCCCC12C=CC3=C(Cc4ccccc43)C1(CCCCCCCCC)O2. The molecule has 1 nitrogen and oxygen atoms in total. The van der Waals surface area contributed by atoms with Crippen LogP contribution in [0, 0.1) is 0 Å². The van der Waals surface area contributed by atoms with Gasteiger partial charge in [0.15, 0.2) is 0 Å². The Bertz CT molecular complexity index is 802. The first-order valence-electron chi connectivity index (χ1n) is 14.0. The number of epoxide rings is 1. The lowest BCUT2D eigenvalue weighted by Gasteiger charge is -2.24. The summed E-state index contributed by atoms with van der Waals surface area (Å²) < 4.78 is 6.84. The Morgan fingerprint density at radius 2 is 1.31 bits per heavy atom. The summed E-state index contributed by atoms with van der Waals surface area (Å²) in [6, 6.07) is 9.03. The summed E-state index contributed by atoms with van der Waals surface area (Å²) in [7, 11) is 0. The maximum atomic E-state index is 6.84. The molecule has 2 atom stereocenters. The molecule has 0 spiro atoms. The Morgan fingerprint density at radius 1 is 0.719 bits per heavy atom. The van der Waals surface area contributed by atoms with E-state index in [0.29, 0.717) is 0 Å². The molecule has 0 radical (unpaired) electrons. The lowest BCUT2D eigenvalue weighted by Crippen LogP contribution is -2.29. The van der Waals surface area contributed by atoms with Crippen LogP contribution in [0.2, 0.25) is 0 Å². The Hall–Kier alpha value is -1.34. The molecule has 0 saturated carbocycles. The van der Waals surface area contributed by atoms with Gasteiger partial charge in [0.1, 0.15) is 11.2 Å². The van der Waals surface area contributed by atoms with E-state index in [0.717, 1.165) is 6.42 Å². The van der Waals surface area contributed by atoms with Crippen molar-refractivity contribution in [3.63, 3.8) is 0 Å². The highest BCUT2D eigenvalue weighted by Crippen LogP contribution is 2.65. The lowest BCUT2D eigenvalue weighted by atomic mass is 9.74. The Labute approximate surface area is 197 Å². The molecule has 176 valence electrons. The van der Waals surface area contributed by atoms with Gasteiger partial charge in [-0.2, -0.15) is 0 Å². The van der Waals surface area contributed by atoms with Gasteiger partial charge in [-0.1, -0.05) is 134 Å². The van der Waals surface area contributed by atoms with E-state index in [1.54, 1.807) is 5.57 Å². The zero-order valence-corrected chi connectivity index (χ0v) is 20.9. The van der Waals surface area contributed by atoms with E-state index in [-0.39, 0.29) is 11.2 Å². The van der Waals surface area contributed by atoms with Crippen molar-refractivity contribution < 1.29 is 4.74 Å². The van der Waals surface area contributed by atoms with Crippen molar-refractivity contribution in [1.82, 2.24) is 0 Å². The van der Waals surface area contributed by atoms with Gasteiger partial charge in [0.25, 0.3) is 0 Å². The zero-order valence-electron chi connectivity index (χ0n) is 20.9. The van der Waals surface area contributed by atoms with Gasteiger partial charge in [-0.25, -0.2) is 0 Å². The van der Waals surface area contributed by atoms with Gasteiger partial charge >= 0.3 is 0 Å². The van der Waals surface area contributed by atoms with Crippen LogP contribution in [0.15, 0.2) is 42.0 Å². The Morgan fingerprint density at radius 3 is 2.00 bits per heavy atom. The highest BCUT2D eigenvalue weighted by atomic mass is 16.6. The number of rotatable bonds is 16. The first kappa shape index (κ1) is 23.8. The highest BCUT2D eigenvalue weighted by molar-refractivity contribution is 5.87. The number of hydrogen-bond acceptors (Lipinski definition) is 1. The summed E-state index contributed by atoms with van der Waals surface area (Å²) in [5.74, 6) is 0. The van der Waals surface area contributed by atoms with Gasteiger partial charge in [-0.05, 0) is 47.6 Å². The summed E-state index contributed by atoms with van der Waals surface area (Å²) in [4.78, 5) is 0. The molecule has 3 aliphatic rings. The largest absolute Gasteiger partial charge is 0.353 e. The van der Waals surface area contributed by atoms with Crippen LogP contribution in [0.1, 0.15) is 128 Å². The monoisotopic (exact) mass is 434 g/mol. The Balaban J connectivity index is 1.36. The van der Waals surface area contributed by atoms with Gasteiger partial charge in [0.2, 0.25) is 0 Å². The van der Waals surface area contributed by atoms with Crippen LogP contribution >= 0.6 is 0 Å². The summed E-state index contributed by atoms with van der Waals surface area (Å²) in [5.41, 5.74) is 6.05. The molecule has 1 aromatic rings. The van der Waals surface area contributed by atoms with Crippen molar-refractivity contribution in [1.29, 1.82) is 0 Å². The van der Waals surface area contributed by atoms with E-state index in [1.165, 1.54) is 119 Å². The predicted molar refractivity (Wildman–Crippen MR) is 138 cm³/mol. The number of unbranched alkanes of at least 4 members (excludes halogenated alkanes) is 12. The standard InChI is InChI=1S/C31H46O/c1-3-5-7-9-11-13-17-22-30-24-21-28-27-20-16-15-19-26(27)25-29(28)31(30,32-30)23-18-14-12-10-8-6-4-2/h15-16,19-21,24H,3-14,17-18,22-23,25H2,1-2H3. The van der Waals surface area contributed by atoms with Crippen molar-refractivity contribution >= 4 is 5.57 Å². The zero-order chi connectivity index (χ0) is 22.3.